The Morgan fingerprint density at radius 3 is 1.55 bits per heavy atom. The molecule has 2 unspecified atom stereocenters. The lowest BCUT2D eigenvalue weighted by atomic mass is 10.0. The van der Waals surface area contributed by atoms with Gasteiger partial charge < -0.3 is 14.9 Å². The second-order valence-corrected chi connectivity index (χ2v) is 10.4. The maximum absolute atomic E-state index is 10.5. The van der Waals surface area contributed by atoms with E-state index >= 15 is 0 Å². The molecule has 2 atom stereocenters. The standard InChI is InChI=1S/C29H54NO3/c1-4-5-6-7-8-9-10-11-12-13-14-15-16-17-18-22-25-33-29(32)28(31)30(2,3)26-27-23-20-19-21-24-27/h19-21,23-24,28-29,31-32H,4-18,22,25-26H2,1-3H3/q+1. The van der Waals surface area contributed by atoms with Gasteiger partial charge in [0.05, 0.1) is 20.7 Å². The number of unbranched alkanes of at least 4 members (excludes halogenated alkanes) is 15. The molecule has 0 radical (unpaired) electrons. The van der Waals surface area contributed by atoms with Gasteiger partial charge in [0.25, 0.3) is 0 Å². The molecule has 1 aromatic carbocycles. The fourth-order valence-corrected chi connectivity index (χ4v) is 4.43. The number of likely N-dealkylation sites (N-methyl/N-ethyl adjacent to an activating group) is 1. The molecule has 192 valence electrons. The van der Waals surface area contributed by atoms with Gasteiger partial charge in [-0.1, -0.05) is 134 Å². The summed E-state index contributed by atoms with van der Waals surface area (Å²) in [4.78, 5) is 0. The van der Waals surface area contributed by atoms with Crippen LogP contribution in [0.25, 0.3) is 0 Å². The molecule has 4 nitrogen and oxygen atoms in total. The third kappa shape index (κ3) is 15.6. The van der Waals surface area contributed by atoms with Crippen LogP contribution < -0.4 is 0 Å². The molecule has 0 saturated carbocycles. The van der Waals surface area contributed by atoms with E-state index in [-0.39, 0.29) is 4.48 Å². The van der Waals surface area contributed by atoms with Crippen molar-refractivity contribution in [2.24, 2.45) is 0 Å². The van der Waals surface area contributed by atoms with Gasteiger partial charge in [-0.3, -0.25) is 4.48 Å². The summed E-state index contributed by atoms with van der Waals surface area (Å²) in [5.74, 6) is 0. The number of rotatable bonds is 22. The van der Waals surface area contributed by atoms with E-state index in [0.717, 1.165) is 18.4 Å². The smallest absolute Gasteiger partial charge is 0.242 e. The predicted molar refractivity (Wildman–Crippen MR) is 140 cm³/mol. The quantitative estimate of drug-likeness (QED) is 0.109. The summed E-state index contributed by atoms with van der Waals surface area (Å²) in [5.41, 5.74) is 1.13. The van der Waals surface area contributed by atoms with E-state index in [4.69, 9.17) is 4.74 Å². The predicted octanol–water partition coefficient (Wildman–Crippen LogP) is 7.18. The van der Waals surface area contributed by atoms with Crippen LogP contribution in [0, 0.1) is 0 Å². The number of quaternary nitrogens is 1. The number of hydrogen-bond acceptors (Lipinski definition) is 3. The Bertz CT molecular complexity index is 549. The molecule has 0 saturated heterocycles. The Morgan fingerprint density at radius 1 is 0.667 bits per heavy atom. The Morgan fingerprint density at radius 2 is 1.09 bits per heavy atom. The fraction of sp³-hybridized carbons (Fsp3) is 0.793. The molecule has 0 heterocycles. The first-order chi connectivity index (χ1) is 16.0. The largest absolute Gasteiger partial charge is 0.361 e. The molecule has 0 bridgehead atoms. The molecule has 0 spiro atoms. The molecule has 0 aliphatic carbocycles. The molecule has 1 rings (SSSR count). The molecular weight excluding hydrogens is 410 g/mol. The van der Waals surface area contributed by atoms with E-state index in [1.54, 1.807) is 0 Å². The molecular formula is C29H54NO3+. The van der Waals surface area contributed by atoms with E-state index in [2.05, 4.69) is 6.92 Å². The summed E-state index contributed by atoms with van der Waals surface area (Å²) in [6.07, 6.45) is 19.3. The van der Waals surface area contributed by atoms with Gasteiger partial charge in [0, 0.05) is 5.56 Å². The molecule has 0 amide bonds. The van der Waals surface area contributed by atoms with Crippen LogP contribution in [0.3, 0.4) is 0 Å². The Balaban J connectivity index is 1.92. The maximum atomic E-state index is 10.5. The highest BCUT2D eigenvalue weighted by Gasteiger charge is 2.33. The van der Waals surface area contributed by atoms with E-state index in [1.807, 2.05) is 44.4 Å². The van der Waals surface area contributed by atoms with Crippen molar-refractivity contribution in [3.63, 3.8) is 0 Å². The second kappa shape index (κ2) is 19.4. The lowest BCUT2D eigenvalue weighted by Gasteiger charge is -2.36. The number of aliphatic hydroxyl groups excluding tert-OH is 2. The first kappa shape index (κ1) is 30.1. The summed E-state index contributed by atoms with van der Waals surface area (Å²) in [6, 6.07) is 10.0. The minimum atomic E-state index is -1.15. The molecule has 0 aliphatic heterocycles. The number of nitrogens with zero attached hydrogens (tertiary/aromatic N) is 1. The maximum Gasteiger partial charge on any atom is 0.242 e. The van der Waals surface area contributed by atoms with E-state index < -0.39 is 12.5 Å². The highest BCUT2D eigenvalue weighted by Crippen LogP contribution is 2.17. The van der Waals surface area contributed by atoms with Gasteiger partial charge in [-0.25, -0.2) is 0 Å². The van der Waals surface area contributed by atoms with Crippen LogP contribution in [-0.2, 0) is 11.3 Å². The minimum Gasteiger partial charge on any atom is -0.361 e. The highest BCUT2D eigenvalue weighted by molar-refractivity contribution is 5.13. The van der Waals surface area contributed by atoms with Gasteiger partial charge in [0.1, 0.15) is 6.54 Å². The zero-order valence-corrected chi connectivity index (χ0v) is 22.0. The molecule has 1 aromatic rings. The average molecular weight is 465 g/mol. The van der Waals surface area contributed by atoms with E-state index in [9.17, 15) is 10.2 Å². The highest BCUT2D eigenvalue weighted by atomic mass is 16.6. The molecule has 0 aliphatic rings. The third-order valence-electron chi connectivity index (χ3n) is 6.69. The minimum absolute atomic E-state index is 0.268. The van der Waals surface area contributed by atoms with Crippen molar-refractivity contribution in [1.29, 1.82) is 0 Å². The fourth-order valence-electron chi connectivity index (χ4n) is 4.43. The summed E-state index contributed by atoms with van der Waals surface area (Å²) in [6.45, 7) is 3.42. The molecule has 0 fully saturated rings. The van der Waals surface area contributed by atoms with Crippen LogP contribution in [-0.4, -0.2) is 47.9 Å². The van der Waals surface area contributed by atoms with Gasteiger partial charge in [0.15, 0.2) is 0 Å². The topological polar surface area (TPSA) is 49.7 Å². The SMILES string of the molecule is CCCCCCCCCCCCCCCCCCOC(O)C(O)[N+](C)(C)Cc1ccccc1. The summed E-state index contributed by atoms with van der Waals surface area (Å²) < 4.78 is 5.80. The molecule has 33 heavy (non-hydrogen) atoms. The van der Waals surface area contributed by atoms with Crippen molar-refractivity contribution in [3.05, 3.63) is 35.9 Å². The molecule has 2 N–H and O–H groups in total. The number of benzene rings is 1. The van der Waals surface area contributed by atoms with Crippen LogP contribution in [0.15, 0.2) is 30.3 Å². The molecule has 0 aromatic heterocycles. The monoisotopic (exact) mass is 464 g/mol. The summed E-state index contributed by atoms with van der Waals surface area (Å²) >= 11 is 0. The van der Waals surface area contributed by atoms with Gasteiger partial charge >= 0.3 is 0 Å². The first-order valence-corrected chi connectivity index (χ1v) is 13.8. The van der Waals surface area contributed by atoms with Crippen molar-refractivity contribution in [1.82, 2.24) is 0 Å². The van der Waals surface area contributed by atoms with Gasteiger partial charge in [-0.15, -0.1) is 0 Å². The normalized spacial score (nSPS) is 13.8. The van der Waals surface area contributed by atoms with Crippen molar-refractivity contribution >= 4 is 0 Å². The summed E-state index contributed by atoms with van der Waals surface area (Å²) in [7, 11) is 3.83. The van der Waals surface area contributed by atoms with Crippen LogP contribution >= 0.6 is 0 Å². The zero-order chi connectivity index (χ0) is 24.2. The number of ether oxygens (including phenoxy) is 1. The number of aliphatic hydroxyl groups is 2. The number of hydrogen-bond donors (Lipinski definition) is 2. The van der Waals surface area contributed by atoms with Crippen LogP contribution in [0.2, 0.25) is 0 Å². The average Bonchev–Trinajstić information content (AvgIpc) is 2.80. The van der Waals surface area contributed by atoms with Gasteiger partial charge in [-0.2, -0.15) is 0 Å². The second-order valence-electron chi connectivity index (χ2n) is 10.4. The van der Waals surface area contributed by atoms with E-state index in [0.29, 0.717) is 13.2 Å². The molecule has 4 heteroatoms. The van der Waals surface area contributed by atoms with Crippen LogP contribution in [0.5, 0.6) is 0 Å². The lowest BCUT2D eigenvalue weighted by molar-refractivity contribution is -0.956. The van der Waals surface area contributed by atoms with Gasteiger partial charge in [0.2, 0.25) is 12.5 Å². The van der Waals surface area contributed by atoms with Crippen LogP contribution in [0.1, 0.15) is 115 Å². The Kier molecular flexibility index (Phi) is 17.7. The lowest BCUT2D eigenvalue weighted by Crippen LogP contribution is -2.54. The zero-order valence-electron chi connectivity index (χ0n) is 22.0. The Labute approximate surface area is 204 Å². The van der Waals surface area contributed by atoms with Crippen molar-refractivity contribution in [2.45, 2.75) is 129 Å². The van der Waals surface area contributed by atoms with Crippen LogP contribution in [0.4, 0.5) is 0 Å². The van der Waals surface area contributed by atoms with Crippen molar-refractivity contribution in [2.75, 3.05) is 20.7 Å². The van der Waals surface area contributed by atoms with E-state index in [1.165, 1.54) is 89.9 Å². The Hall–Kier alpha value is -0.940. The van der Waals surface area contributed by atoms with Crippen molar-refractivity contribution < 1.29 is 19.4 Å². The van der Waals surface area contributed by atoms with Crippen molar-refractivity contribution in [3.8, 4) is 0 Å². The summed E-state index contributed by atoms with van der Waals surface area (Å²) in [5, 5.41) is 20.8. The van der Waals surface area contributed by atoms with Gasteiger partial charge in [-0.05, 0) is 6.42 Å². The first-order valence-electron chi connectivity index (χ1n) is 13.8. The third-order valence-corrected chi connectivity index (χ3v) is 6.69.